The molecule has 1 amide bonds. The van der Waals surface area contributed by atoms with Gasteiger partial charge in [0.2, 0.25) is 5.91 Å². The standard InChI is InChI=1S/C19H22N2O2/c1-12(2)23-15-10-6-8-13-7-5-9-14(17(13)15)11-16-19(3,4)18(22)21-20-16/h5-12,20H,1-4H3,(H,21,22)/b16-11-. The van der Waals surface area contributed by atoms with Gasteiger partial charge in [-0.15, -0.1) is 0 Å². The van der Waals surface area contributed by atoms with Gasteiger partial charge in [0.05, 0.1) is 11.5 Å². The summed E-state index contributed by atoms with van der Waals surface area (Å²) < 4.78 is 5.97. The summed E-state index contributed by atoms with van der Waals surface area (Å²) in [5, 5.41) is 2.18. The third kappa shape index (κ3) is 2.77. The minimum absolute atomic E-state index is 0.0253. The number of amides is 1. The van der Waals surface area contributed by atoms with Gasteiger partial charge in [0, 0.05) is 11.1 Å². The number of fused-ring (bicyclic) bond motifs is 1. The van der Waals surface area contributed by atoms with Crippen molar-refractivity contribution in [1.29, 1.82) is 0 Å². The Morgan fingerprint density at radius 3 is 2.39 bits per heavy atom. The van der Waals surface area contributed by atoms with Crippen molar-refractivity contribution in [3.63, 3.8) is 0 Å². The average molecular weight is 310 g/mol. The van der Waals surface area contributed by atoms with E-state index in [4.69, 9.17) is 4.74 Å². The first-order chi connectivity index (χ1) is 10.9. The molecule has 0 saturated carbocycles. The fourth-order valence-electron chi connectivity index (χ4n) is 2.74. The van der Waals surface area contributed by atoms with Gasteiger partial charge >= 0.3 is 0 Å². The number of rotatable bonds is 3. The first-order valence-corrected chi connectivity index (χ1v) is 7.86. The normalized spacial score (nSPS) is 18.3. The number of hydrazine groups is 1. The minimum Gasteiger partial charge on any atom is -0.490 e. The molecule has 2 aromatic carbocycles. The molecular weight excluding hydrogens is 288 g/mol. The van der Waals surface area contributed by atoms with Crippen molar-refractivity contribution in [1.82, 2.24) is 10.9 Å². The lowest BCUT2D eigenvalue weighted by molar-refractivity contribution is -0.125. The number of hydrogen-bond donors (Lipinski definition) is 2. The van der Waals surface area contributed by atoms with Gasteiger partial charge in [-0.3, -0.25) is 10.2 Å². The van der Waals surface area contributed by atoms with Crippen LogP contribution in [0, 0.1) is 5.41 Å². The zero-order valence-corrected chi connectivity index (χ0v) is 13.9. The van der Waals surface area contributed by atoms with Crippen LogP contribution in [-0.2, 0) is 4.79 Å². The molecule has 23 heavy (non-hydrogen) atoms. The molecule has 1 saturated heterocycles. The van der Waals surface area contributed by atoms with Crippen molar-refractivity contribution in [3.8, 4) is 5.75 Å². The Balaban J connectivity index is 2.17. The van der Waals surface area contributed by atoms with Crippen LogP contribution >= 0.6 is 0 Å². The van der Waals surface area contributed by atoms with E-state index in [2.05, 4.69) is 23.0 Å². The number of nitrogens with one attached hydrogen (secondary N) is 2. The highest BCUT2D eigenvalue weighted by Gasteiger charge is 2.37. The van der Waals surface area contributed by atoms with Crippen molar-refractivity contribution in [2.75, 3.05) is 0 Å². The van der Waals surface area contributed by atoms with Crippen LogP contribution < -0.4 is 15.6 Å². The van der Waals surface area contributed by atoms with Gasteiger partial charge in [0.25, 0.3) is 0 Å². The largest absolute Gasteiger partial charge is 0.490 e. The van der Waals surface area contributed by atoms with Gasteiger partial charge < -0.3 is 10.2 Å². The van der Waals surface area contributed by atoms with E-state index in [0.717, 1.165) is 27.8 Å². The molecule has 0 radical (unpaired) electrons. The average Bonchev–Trinajstić information content (AvgIpc) is 2.74. The van der Waals surface area contributed by atoms with Crippen molar-refractivity contribution in [3.05, 3.63) is 47.7 Å². The van der Waals surface area contributed by atoms with Gasteiger partial charge in [0.1, 0.15) is 5.75 Å². The SMILES string of the molecule is CC(C)Oc1cccc2cccc(/C=C3\NNC(=O)C3(C)C)c12. The maximum Gasteiger partial charge on any atom is 0.249 e. The molecule has 2 N–H and O–H groups in total. The van der Waals surface area contributed by atoms with Crippen LogP contribution in [0.15, 0.2) is 42.1 Å². The second kappa shape index (κ2) is 5.61. The Hall–Kier alpha value is -2.49. The van der Waals surface area contributed by atoms with Crippen molar-refractivity contribution in [2.24, 2.45) is 5.41 Å². The Labute approximate surface area is 136 Å². The topological polar surface area (TPSA) is 50.4 Å². The van der Waals surface area contributed by atoms with Crippen LogP contribution in [0.4, 0.5) is 0 Å². The summed E-state index contributed by atoms with van der Waals surface area (Å²) in [6.07, 6.45) is 2.12. The number of hydrogen-bond acceptors (Lipinski definition) is 3. The van der Waals surface area contributed by atoms with Gasteiger partial charge in [-0.05, 0) is 50.8 Å². The molecule has 1 aliphatic heterocycles. The van der Waals surface area contributed by atoms with Gasteiger partial charge in [-0.1, -0.05) is 30.3 Å². The highest BCUT2D eigenvalue weighted by Crippen LogP contribution is 2.34. The van der Waals surface area contributed by atoms with Gasteiger partial charge in [-0.2, -0.15) is 0 Å². The number of carbonyl (C=O) groups excluding carboxylic acids is 1. The van der Waals surface area contributed by atoms with Crippen LogP contribution in [0.1, 0.15) is 33.3 Å². The Bertz CT molecular complexity index is 786. The smallest absolute Gasteiger partial charge is 0.249 e. The van der Waals surface area contributed by atoms with Gasteiger partial charge in [0.15, 0.2) is 0 Å². The molecule has 0 unspecified atom stereocenters. The maximum atomic E-state index is 11.9. The Morgan fingerprint density at radius 2 is 1.78 bits per heavy atom. The first kappa shape index (κ1) is 15.4. The van der Waals surface area contributed by atoms with Crippen LogP contribution in [0.25, 0.3) is 16.8 Å². The van der Waals surface area contributed by atoms with Crippen molar-refractivity contribution < 1.29 is 9.53 Å². The first-order valence-electron chi connectivity index (χ1n) is 7.86. The molecule has 1 aliphatic rings. The summed E-state index contributed by atoms with van der Waals surface area (Å²) in [5.74, 6) is 0.836. The van der Waals surface area contributed by atoms with E-state index in [1.165, 1.54) is 0 Å². The van der Waals surface area contributed by atoms with E-state index in [0.29, 0.717) is 0 Å². The molecule has 2 aromatic rings. The quantitative estimate of drug-likeness (QED) is 0.910. The summed E-state index contributed by atoms with van der Waals surface area (Å²) in [6.45, 7) is 7.85. The van der Waals surface area contributed by atoms with E-state index < -0.39 is 5.41 Å². The highest BCUT2D eigenvalue weighted by atomic mass is 16.5. The Morgan fingerprint density at radius 1 is 1.09 bits per heavy atom. The molecule has 0 atom stereocenters. The van der Waals surface area contributed by atoms with Crippen molar-refractivity contribution >= 4 is 22.8 Å². The monoisotopic (exact) mass is 310 g/mol. The van der Waals surface area contributed by atoms with Crippen LogP contribution in [0.3, 0.4) is 0 Å². The summed E-state index contributed by atoms with van der Waals surface area (Å²) in [6, 6.07) is 12.2. The molecule has 0 bridgehead atoms. The van der Waals surface area contributed by atoms with Crippen molar-refractivity contribution in [2.45, 2.75) is 33.8 Å². The van der Waals surface area contributed by atoms with Crippen LogP contribution in [0.5, 0.6) is 5.75 Å². The van der Waals surface area contributed by atoms with Crippen LogP contribution in [-0.4, -0.2) is 12.0 Å². The molecule has 4 nitrogen and oxygen atoms in total. The lowest BCUT2D eigenvalue weighted by Crippen LogP contribution is -2.28. The summed E-state index contributed by atoms with van der Waals surface area (Å²) in [5.41, 5.74) is 6.99. The Kier molecular flexibility index (Phi) is 3.76. The van der Waals surface area contributed by atoms with Crippen LogP contribution in [0.2, 0.25) is 0 Å². The second-order valence-electron chi connectivity index (χ2n) is 6.63. The third-order valence-corrected chi connectivity index (χ3v) is 4.11. The molecule has 0 aliphatic carbocycles. The van der Waals surface area contributed by atoms with E-state index in [-0.39, 0.29) is 12.0 Å². The molecule has 4 heteroatoms. The number of benzene rings is 2. The predicted octanol–water partition coefficient (Wildman–Crippen LogP) is 3.63. The molecule has 3 rings (SSSR count). The predicted molar refractivity (Wildman–Crippen MR) is 92.7 cm³/mol. The summed E-state index contributed by atoms with van der Waals surface area (Å²) >= 11 is 0. The number of ether oxygens (including phenoxy) is 1. The molecule has 0 aromatic heterocycles. The van der Waals surface area contributed by atoms with E-state index in [1.807, 2.05) is 58.0 Å². The van der Waals surface area contributed by atoms with E-state index >= 15 is 0 Å². The maximum absolute atomic E-state index is 11.9. The zero-order valence-electron chi connectivity index (χ0n) is 13.9. The fraction of sp³-hybridized carbons (Fsp3) is 0.316. The highest BCUT2D eigenvalue weighted by molar-refractivity contribution is 5.97. The van der Waals surface area contributed by atoms with E-state index in [9.17, 15) is 4.79 Å². The molecule has 0 spiro atoms. The van der Waals surface area contributed by atoms with E-state index in [1.54, 1.807) is 0 Å². The second-order valence-corrected chi connectivity index (χ2v) is 6.63. The summed E-state index contributed by atoms with van der Waals surface area (Å²) in [7, 11) is 0. The molecule has 1 fully saturated rings. The zero-order chi connectivity index (χ0) is 16.6. The fourth-order valence-corrected chi connectivity index (χ4v) is 2.74. The molecular formula is C19H22N2O2. The number of carbonyl (C=O) groups is 1. The lowest BCUT2D eigenvalue weighted by atomic mass is 9.88. The third-order valence-electron chi connectivity index (χ3n) is 4.11. The molecule has 120 valence electrons. The lowest BCUT2D eigenvalue weighted by Gasteiger charge is -2.17. The summed E-state index contributed by atoms with van der Waals surface area (Å²) in [4.78, 5) is 11.9. The molecule has 1 heterocycles. The minimum atomic E-state index is -0.573. The van der Waals surface area contributed by atoms with Gasteiger partial charge in [-0.25, -0.2) is 0 Å².